The Morgan fingerprint density at radius 2 is 1.83 bits per heavy atom. The number of carbonyl (C=O) groups is 3. The van der Waals surface area contributed by atoms with Gasteiger partial charge in [-0.25, -0.2) is 4.79 Å². The Morgan fingerprint density at radius 3 is 2.52 bits per heavy atom. The fourth-order valence-corrected chi connectivity index (χ4v) is 5.84. The molecule has 1 aliphatic carbocycles. The van der Waals surface area contributed by atoms with E-state index in [1.807, 2.05) is 44.2 Å². The summed E-state index contributed by atoms with van der Waals surface area (Å²) >= 11 is 1.52. The number of fused-ring (bicyclic) bond motifs is 1. The smallest absolute Gasteiger partial charge is 0.328 e. The van der Waals surface area contributed by atoms with Crippen LogP contribution in [0.3, 0.4) is 0 Å². The fraction of sp³-hybridized carbons (Fsp3) is 0.500. The Bertz CT molecular complexity index is 848. The number of hydrogen-bond acceptors (Lipinski definition) is 4. The number of rotatable bonds is 5. The topological polar surface area (TPSA) is 69.7 Å². The van der Waals surface area contributed by atoms with Crippen molar-refractivity contribution in [3.8, 4) is 0 Å². The molecule has 2 atom stereocenters. The van der Waals surface area contributed by atoms with E-state index >= 15 is 0 Å². The van der Waals surface area contributed by atoms with Gasteiger partial charge in [-0.1, -0.05) is 43.2 Å². The quantitative estimate of drug-likeness (QED) is 0.802. The van der Waals surface area contributed by atoms with E-state index in [0.717, 1.165) is 41.7 Å². The van der Waals surface area contributed by atoms with Gasteiger partial charge in [0.1, 0.15) is 6.54 Å². The van der Waals surface area contributed by atoms with E-state index in [1.165, 1.54) is 16.7 Å². The van der Waals surface area contributed by atoms with Crippen LogP contribution in [0.1, 0.15) is 45.1 Å². The molecule has 2 fully saturated rings. The highest BCUT2D eigenvalue weighted by Crippen LogP contribution is 2.46. The van der Waals surface area contributed by atoms with Crippen LogP contribution >= 0.6 is 11.8 Å². The summed E-state index contributed by atoms with van der Waals surface area (Å²) in [7, 11) is 0. The second-order valence-electron chi connectivity index (χ2n) is 8.09. The molecule has 2 unspecified atom stereocenters. The van der Waals surface area contributed by atoms with Crippen molar-refractivity contribution in [2.45, 2.75) is 57.5 Å². The van der Waals surface area contributed by atoms with Crippen molar-refractivity contribution < 1.29 is 14.4 Å². The lowest BCUT2D eigenvalue weighted by molar-refractivity contribution is -0.137. The van der Waals surface area contributed by atoms with Gasteiger partial charge in [-0.3, -0.25) is 14.5 Å². The Balaban J connectivity index is 1.56. The minimum Gasteiger partial charge on any atom is -0.352 e. The van der Waals surface area contributed by atoms with Crippen molar-refractivity contribution in [3.05, 3.63) is 46.4 Å². The van der Waals surface area contributed by atoms with Crippen molar-refractivity contribution in [3.63, 3.8) is 0 Å². The number of hydrogen-bond donors (Lipinski definition) is 1. The van der Waals surface area contributed by atoms with Gasteiger partial charge in [-0.15, -0.1) is 11.8 Å². The minimum absolute atomic E-state index is 0.0113. The molecule has 0 aromatic heterocycles. The van der Waals surface area contributed by atoms with Crippen molar-refractivity contribution in [2.24, 2.45) is 5.92 Å². The second-order valence-corrected chi connectivity index (χ2v) is 9.43. The SMILES string of the molecule is CC1=C(C)C2C(=O)N(Cc3ccccc3)C(=O)N(CC(=O)NC3CCCC3)C2S1. The highest BCUT2D eigenvalue weighted by Gasteiger charge is 2.51. The van der Waals surface area contributed by atoms with E-state index in [-0.39, 0.29) is 48.3 Å². The summed E-state index contributed by atoms with van der Waals surface area (Å²) < 4.78 is 0. The van der Waals surface area contributed by atoms with Gasteiger partial charge in [0.15, 0.2) is 0 Å². The van der Waals surface area contributed by atoms with Crippen molar-refractivity contribution in [2.75, 3.05) is 6.54 Å². The number of carbonyl (C=O) groups excluding carboxylic acids is 3. The molecule has 154 valence electrons. The molecule has 2 heterocycles. The molecular weight excluding hydrogens is 386 g/mol. The monoisotopic (exact) mass is 413 g/mol. The lowest BCUT2D eigenvalue weighted by Gasteiger charge is -2.41. The summed E-state index contributed by atoms with van der Waals surface area (Å²) in [4.78, 5) is 43.1. The molecule has 4 amide bonds. The molecule has 1 aromatic rings. The first-order valence-corrected chi connectivity index (χ1v) is 11.1. The molecule has 0 spiro atoms. The molecule has 2 aliphatic heterocycles. The van der Waals surface area contributed by atoms with Gasteiger partial charge in [0.2, 0.25) is 11.8 Å². The average Bonchev–Trinajstić information content (AvgIpc) is 3.31. The molecule has 29 heavy (non-hydrogen) atoms. The molecule has 1 N–H and O–H groups in total. The van der Waals surface area contributed by atoms with Crippen LogP contribution in [-0.4, -0.2) is 45.6 Å². The van der Waals surface area contributed by atoms with Crippen molar-refractivity contribution in [1.82, 2.24) is 15.1 Å². The zero-order valence-corrected chi connectivity index (χ0v) is 17.7. The maximum Gasteiger partial charge on any atom is 0.328 e. The third-order valence-corrected chi connectivity index (χ3v) is 7.58. The lowest BCUT2D eigenvalue weighted by Crippen LogP contribution is -2.61. The molecular formula is C22H27N3O3S. The molecule has 1 saturated heterocycles. The first-order chi connectivity index (χ1) is 14.0. The highest BCUT2D eigenvalue weighted by atomic mass is 32.2. The summed E-state index contributed by atoms with van der Waals surface area (Å²) in [5, 5.41) is 2.73. The predicted octanol–water partition coefficient (Wildman–Crippen LogP) is 3.49. The van der Waals surface area contributed by atoms with Gasteiger partial charge >= 0.3 is 6.03 Å². The molecule has 6 nitrogen and oxygen atoms in total. The lowest BCUT2D eigenvalue weighted by atomic mass is 9.95. The maximum atomic E-state index is 13.3. The zero-order valence-electron chi connectivity index (χ0n) is 16.9. The van der Waals surface area contributed by atoms with Crippen LogP contribution in [0.15, 0.2) is 40.8 Å². The minimum atomic E-state index is -0.388. The van der Waals surface area contributed by atoms with Gasteiger partial charge in [-0.2, -0.15) is 0 Å². The summed E-state index contributed by atoms with van der Waals surface area (Å²) in [6.45, 7) is 4.15. The highest BCUT2D eigenvalue weighted by molar-refractivity contribution is 8.03. The number of imide groups is 1. The Morgan fingerprint density at radius 1 is 1.14 bits per heavy atom. The molecule has 0 radical (unpaired) electrons. The first kappa shape index (κ1) is 20.0. The van der Waals surface area contributed by atoms with Gasteiger partial charge in [0.25, 0.3) is 0 Å². The number of urea groups is 1. The van der Waals surface area contributed by atoms with Gasteiger partial charge in [0, 0.05) is 6.04 Å². The third kappa shape index (κ3) is 3.92. The van der Waals surface area contributed by atoms with Crippen LogP contribution in [0, 0.1) is 5.92 Å². The molecule has 3 aliphatic rings. The summed E-state index contributed by atoms with van der Waals surface area (Å²) in [5.41, 5.74) is 1.89. The third-order valence-electron chi connectivity index (χ3n) is 6.14. The Hall–Kier alpha value is -2.28. The van der Waals surface area contributed by atoms with Crippen LogP contribution in [0.25, 0.3) is 0 Å². The standard InChI is InChI=1S/C22H27N3O3S/c1-14-15(2)29-21-19(14)20(27)24(12-16-8-4-3-5-9-16)22(28)25(21)13-18(26)23-17-10-6-7-11-17/h3-5,8-9,17,19,21H,6-7,10-13H2,1-2H3,(H,23,26). The van der Waals surface area contributed by atoms with Gasteiger partial charge in [0.05, 0.1) is 17.8 Å². The predicted molar refractivity (Wildman–Crippen MR) is 113 cm³/mol. The van der Waals surface area contributed by atoms with E-state index in [9.17, 15) is 14.4 Å². The van der Waals surface area contributed by atoms with Crippen LogP contribution in [0.4, 0.5) is 4.79 Å². The van der Waals surface area contributed by atoms with Crippen LogP contribution < -0.4 is 5.32 Å². The molecule has 7 heteroatoms. The van der Waals surface area contributed by atoms with E-state index < -0.39 is 0 Å². The molecule has 1 aromatic carbocycles. The van der Waals surface area contributed by atoms with Crippen molar-refractivity contribution in [1.29, 1.82) is 0 Å². The number of nitrogens with zero attached hydrogens (tertiary/aromatic N) is 2. The van der Waals surface area contributed by atoms with E-state index in [0.29, 0.717) is 0 Å². The molecule has 4 rings (SSSR count). The van der Waals surface area contributed by atoms with E-state index in [4.69, 9.17) is 0 Å². The Labute approximate surface area is 175 Å². The normalized spacial score (nSPS) is 25.0. The maximum absolute atomic E-state index is 13.3. The number of thioether (sulfide) groups is 1. The fourth-order valence-electron chi connectivity index (χ4n) is 4.42. The van der Waals surface area contributed by atoms with Crippen molar-refractivity contribution >= 4 is 29.6 Å². The Kier molecular flexibility index (Phi) is 5.67. The number of amides is 4. The van der Waals surface area contributed by atoms with Crippen LogP contribution in [-0.2, 0) is 16.1 Å². The summed E-state index contributed by atoms with van der Waals surface area (Å²) in [6.07, 6.45) is 4.27. The average molecular weight is 414 g/mol. The molecule has 0 bridgehead atoms. The van der Waals surface area contributed by atoms with E-state index in [1.54, 1.807) is 4.90 Å². The van der Waals surface area contributed by atoms with E-state index in [2.05, 4.69) is 5.32 Å². The largest absolute Gasteiger partial charge is 0.352 e. The first-order valence-electron chi connectivity index (χ1n) is 10.2. The van der Waals surface area contributed by atoms with Crippen LogP contribution in [0.5, 0.6) is 0 Å². The molecule has 1 saturated carbocycles. The summed E-state index contributed by atoms with van der Waals surface area (Å²) in [6, 6.07) is 9.33. The number of allylic oxidation sites excluding steroid dienone is 1. The number of benzene rings is 1. The van der Waals surface area contributed by atoms with Crippen LogP contribution in [0.2, 0.25) is 0 Å². The van der Waals surface area contributed by atoms with Gasteiger partial charge < -0.3 is 10.2 Å². The van der Waals surface area contributed by atoms with Gasteiger partial charge in [-0.05, 0) is 42.7 Å². The number of nitrogens with one attached hydrogen (secondary N) is 1. The second kappa shape index (κ2) is 8.22. The summed E-state index contributed by atoms with van der Waals surface area (Å²) in [5.74, 6) is -0.695. The zero-order chi connectivity index (χ0) is 20.5.